The molecule has 2 heterocycles. The Bertz CT molecular complexity index is 1060. The first-order valence-corrected chi connectivity index (χ1v) is 9.50. The monoisotopic (exact) mass is 429 g/mol. The Morgan fingerprint density at radius 2 is 2.04 bits per heavy atom. The highest BCUT2D eigenvalue weighted by atomic mass is 79.9. The van der Waals surface area contributed by atoms with Crippen molar-refractivity contribution in [3.8, 4) is 0 Å². The fraction of sp³-hybridized carbons (Fsp3) is 0.316. The first kappa shape index (κ1) is 19.2. The lowest BCUT2D eigenvalue weighted by molar-refractivity contribution is -0.117. The number of rotatable bonds is 5. The molecule has 0 fully saturated rings. The van der Waals surface area contributed by atoms with Gasteiger partial charge in [-0.3, -0.25) is 9.59 Å². The fourth-order valence-corrected chi connectivity index (χ4v) is 3.14. The zero-order valence-corrected chi connectivity index (χ0v) is 16.9. The topological polar surface area (TPSA) is 89.8 Å². The largest absolute Gasteiger partial charge is 0.309 e. The zero-order valence-electron chi connectivity index (χ0n) is 15.4. The number of aryl methyl sites for hydroxylation is 1. The van der Waals surface area contributed by atoms with Crippen molar-refractivity contribution in [2.75, 3.05) is 5.32 Å². The van der Waals surface area contributed by atoms with Crippen molar-refractivity contribution in [1.29, 1.82) is 0 Å². The molecule has 0 saturated carbocycles. The standard InChI is InChI=1S/C19H20BrN5O2/c1-4-15-21-8-7-16(22-15)23-17(26)10-25-19(27)13-6-5-12(20)9-14(13)18(24-25)11(2)3/h5-9,11H,4,10H2,1-3H3,(H,21,22,23,26). The smallest absolute Gasteiger partial charge is 0.275 e. The second-order valence-electron chi connectivity index (χ2n) is 6.45. The number of anilines is 1. The van der Waals surface area contributed by atoms with Crippen molar-refractivity contribution in [3.05, 3.63) is 56.8 Å². The number of carbonyl (C=O) groups is 1. The van der Waals surface area contributed by atoms with Crippen molar-refractivity contribution >= 4 is 38.4 Å². The number of hydrogen-bond donors (Lipinski definition) is 1. The summed E-state index contributed by atoms with van der Waals surface area (Å²) in [5.41, 5.74) is 0.475. The minimum atomic E-state index is -0.364. The number of aromatic nitrogens is 4. The molecule has 1 aromatic carbocycles. The van der Waals surface area contributed by atoms with Gasteiger partial charge in [0.1, 0.15) is 18.2 Å². The number of halogens is 1. The van der Waals surface area contributed by atoms with Crippen LogP contribution >= 0.6 is 15.9 Å². The Morgan fingerprint density at radius 3 is 2.74 bits per heavy atom. The summed E-state index contributed by atoms with van der Waals surface area (Å²) in [4.78, 5) is 33.6. The number of carbonyl (C=O) groups excluding carboxylic acids is 1. The van der Waals surface area contributed by atoms with Gasteiger partial charge in [0.05, 0.1) is 11.1 Å². The van der Waals surface area contributed by atoms with Crippen molar-refractivity contribution in [3.63, 3.8) is 0 Å². The van der Waals surface area contributed by atoms with Crippen LogP contribution < -0.4 is 10.9 Å². The van der Waals surface area contributed by atoms with Crippen molar-refractivity contribution < 1.29 is 4.79 Å². The number of fused-ring (bicyclic) bond motifs is 1. The van der Waals surface area contributed by atoms with Crippen LogP contribution in [0.25, 0.3) is 10.8 Å². The van der Waals surface area contributed by atoms with Gasteiger partial charge in [-0.15, -0.1) is 0 Å². The molecule has 0 radical (unpaired) electrons. The summed E-state index contributed by atoms with van der Waals surface area (Å²) in [6.07, 6.45) is 2.26. The molecule has 0 bridgehead atoms. The molecule has 0 saturated heterocycles. The number of amides is 1. The SMILES string of the molecule is CCc1nccc(NC(=O)Cn2nc(C(C)C)c3cc(Br)ccc3c2=O)n1. The molecular formula is C19H20BrN5O2. The summed E-state index contributed by atoms with van der Waals surface area (Å²) in [5.74, 6) is 0.789. The minimum Gasteiger partial charge on any atom is -0.309 e. The van der Waals surface area contributed by atoms with E-state index >= 15 is 0 Å². The second kappa shape index (κ2) is 7.96. The number of benzene rings is 1. The molecule has 2 aromatic heterocycles. The van der Waals surface area contributed by atoms with Gasteiger partial charge in [0.15, 0.2) is 0 Å². The number of hydrogen-bond acceptors (Lipinski definition) is 5. The predicted octanol–water partition coefficient (Wildman–Crippen LogP) is 3.27. The van der Waals surface area contributed by atoms with E-state index in [1.807, 2.05) is 32.9 Å². The van der Waals surface area contributed by atoms with Crippen LogP contribution in [0.5, 0.6) is 0 Å². The molecule has 0 aliphatic heterocycles. The quantitative estimate of drug-likeness (QED) is 0.671. The Hall–Kier alpha value is -2.61. The normalized spacial score (nSPS) is 11.1. The van der Waals surface area contributed by atoms with Crippen LogP contribution in [0.3, 0.4) is 0 Å². The molecular weight excluding hydrogens is 410 g/mol. The van der Waals surface area contributed by atoms with E-state index in [4.69, 9.17) is 0 Å². The lowest BCUT2D eigenvalue weighted by Gasteiger charge is -2.13. The Morgan fingerprint density at radius 1 is 1.26 bits per heavy atom. The van der Waals surface area contributed by atoms with Crippen molar-refractivity contribution in [1.82, 2.24) is 19.7 Å². The molecule has 7 nitrogen and oxygen atoms in total. The number of nitrogens with one attached hydrogen (secondary N) is 1. The fourth-order valence-electron chi connectivity index (χ4n) is 2.77. The summed E-state index contributed by atoms with van der Waals surface area (Å²) in [6.45, 7) is 5.76. The highest BCUT2D eigenvalue weighted by Gasteiger charge is 2.16. The lowest BCUT2D eigenvalue weighted by atomic mass is 10.0. The third-order valence-electron chi connectivity index (χ3n) is 4.08. The second-order valence-corrected chi connectivity index (χ2v) is 7.37. The van der Waals surface area contributed by atoms with Gasteiger partial charge < -0.3 is 5.32 Å². The van der Waals surface area contributed by atoms with Crippen LogP contribution in [0, 0.1) is 0 Å². The molecule has 27 heavy (non-hydrogen) atoms. The van der Waals surface area contributed by atoms with E-state index in [0.29, 0.717) is 23.4 Å². The Balaban J connectivity index is 1.94. The highest BCUT2D eigenvalue weighted by molar-refractivity contribution is 9.10. The van der Waals surface area contributed by atoms with Crippen LogP contribution in [0.4, 0.5) is 5.82 Å². The molecule has 3 rings (SSSR count). The van der Waals surface area contributed by atoms with Crippen LogP contribution in [0.2, 0.25) is 0 Å². The maximum Gasteiger partial charge on any atom is 0.275 e. The van der Waals surface area contributed by atoms with E-state index in [1.54, 1.807) is 18.3 Å². The Kier molecular flexibility index (Phi) is 5.65. The summed E-state index contributed by atoms with van der Waals surface area (Å²) in [7, 11) is 0. The highest BCUT2D eigenvalue weighted by Crippen LogP contribution is 2.24. The van der Waals surface area contributed by atoms with E-state index < -0.39 is 0 Å². The molecule has 1 amide bonds. The number of nitrogens with zero attached hydrogens (tertiary/aromatic N) is 4. The molecule has 1 N–H and O–H groups in total. The molecule has 0 aliphatic rings. The van der Waals surface area contributed by atoms with Gasteiger partial charge in [-0.25, -0.2) is 14.6 Å². The summed E-state index contributed by atoms with van der Waals surface area (Å²) < 4.78 is 2.09. The molecule has 0 aliphatic carbocycles. The first-order valence-electron chi connectivity index (χ1n) is 8.71. The third-order valence-corrected chi connectivity index (χ3v) is 4.57. The van der Waals surface area contributed by atoms with Crippen molar-refractivity contribution in [2.24, 2.45) is 0 Å². The molecule has 3 aromatic rings. The van der Waals surface area contributed by atoms with Gasteiger partial charge in [0.2, 0.25) is 5.91 Å². The van der Waals surface area contributed by atoms with Crippen LogP contribution in [0.1, 0.15) is 38.2 Å². The average Bonchev–Trinajstić information content (AvgIpc) is 2.63. The van der Waals surface area contributed by atoms with E-state index in [9.17, 15) is 9.59 Å². The van der Waals surface area contributed by atoms with Crippen LogP contribution in [0.15, 0.2) is 39.7 Å². The van der Waals surface area contributed by atoms with Crippen molar-refractivity contribution in [2.45, 2.75) is 39.7 Å². The molecule has 0 spiro atoms. The maximum absolute atomic E-state index is 12.8. The first-order chi connectivity index (χ1) is 12.9. The minimum absolute atomic E-state index is 0.102. The summed E-state index contributed by atoms with van der Waals surface area (Å²) in [6, 6.07) is 7.06. The maximum atomic E-state index is 12.8. The summed E-state index contributed by atoms with van der Waals surface area (Å²) in [5, 5.41) is 8.48. The Labute approximate surface area is 165 Å². The zero-order chi connectivity index (χ0) is 19.6. The molecule has 8 heteroatoms. The van der Waals surface area contributed by atoms with E-state index in [1.165, 1.54) is 4.68 Å². The molecule has 140 valence electrons. The average molecular weight is 430 g/mol. The van der Waals surface area contributed by atoms with Gasteiger partial charge in [-0.2, -0.15) is 5.10 Å². The third kappa shape index (κ3) is 4.21. The van der Waals surface area contributed by atoms with E-state index in [0.717, 1.165) is 15.6 Å². The van der Waals surface area contributed by atoms with Crippen LogP contribution in [-0.4, -0.2) is 25.7 Å². The van der Waals surface area contributed by atoms with E-state index in [-0.39, 0.29) is 23.9 Å². The van der Waals surface area contributed by atoms with Gasteiger partial charge in [-0.1, -0.05) is 36.7 Å². The molecule has 0 unspecified atom stereocenters. The molecule has 0 atom stereocenters. The van der Waals surface area contributed by atoms with Gasteiger partial charge in [-0.05, 0) is 30.2 Å². The predicted molar refractivity (Wildman–Crippen MR) is 108 cm³/mol. The van der Waals surface area contributed by atoms with E-state index in [2.05, 4.69) is 36.3 Å². The summed E-state index contributed by atoms with van der Waals surface area (Å²) >= 11 is 3.44. The lowest BCUT2D eigenvalue weighted by Crippen LogP contribution is -2.31. The van der Waals surface area contributed by atoms with Gasteiger partial charge in [0.25, 0.3) is 5.56 Å². The van der Waals surface area contributed by atoms with Gasteiger partial charge in [0, 0.05) is 22.5 Å². The van der Waals surface area contributed by atoms with Gasteiger partial charge >= 0.3 is 0 Å². The van der Waals surface area contributed by atoms with Crippen LogP contribution in [-0.2, 0) is 17.8 Å².